The number of fused-ring (bicyclic) bond motifs is 1. The standard InChI is InChI=1S/C17H25NO3/c1-4-5-6-7-10-18-14-9-8-13(12-19)11-15(14)21-17(2,3)16(18)20/h8-9,11,19H,4-7,10,12H2,1-3H3. The topological polar surface area (TPSA) is 49.8 Å². The summed E-state index contributed by atoms with van der Waals surface area (Å²) in [5.74, 6) is 0.685. The van der Waals surface area contributed by atoms with Gasteiger partial charge in [0.25, 0.3) is 5.91 Å². The van der Waals surface area contributed by atoms with Crippen LogP contribution in [-0.4, -0.2) is 23.2 Å². The second-order valence-corrected chi connectivity index (χ2v) is 6.09. The number of nitrogens with zero attached hydrogens (tertiary/aromatic N) is 1. The Kier molecular flexibility index (Phi) is 4.88. The molecule has 0 saturated heterocycles. The Hall–Kier alpha value is -1.55. The van der Waals surface area contributed by atoms with E-state index >= 15 is 0 Å². The van der Waals surface area contributed by atoms with Gasteiger partial charge < -0.3 is 14.7 Å². The molecule has 0 fully saturated rings. The number of ether oxygens (including phenoxy) is 1. The van der Waals surface area contributed by atoms with Gasteiger partial charge in [-0.3, -0.25) is 4.79 Å². The van der Waals surface area contributed by atoms with Crippen LogP contribution in [0.5, 0.6) is 5.75 Å². The Morgan fingerprint density at radius 1 is 1.24 bits per heavy atom. The van der Waals surface area contributed by atoms with E-state index in [2.05, 4.69) is 6.92 Å². The highest BCUT2D eigenvalue weighted by molar-refractivity contribution is 6.02. The van der Waals surface area contributed by atoms with Gasteiger partial charge in [0.2, 0.25) is 0 Å². The molecule has 4 heteroatoms. The first-order chi connectivity index (χ1) is 9.99. The molecule has 0 atom stereocenters. The van der Waals surface area contributed by atoms with Crippen molar-refractivity contribution in [3.63, 3.8) is 0 Å². The van der Waals surface area contributed by atoms with Gasteiger partial charge in [-0.05, 0) is 38.0 Å². The molecule has 1 amide bonds. The van der Waals surface area contributed by atoms with E-state index in [1.807, 2.05) is 23.1 Å². The van der Waals surface area contributed by atoms with Crippen LogP contribution in [-0.2, 0) is 11.4 Å². The smallest absolute Gasteiger partial charge is 0.270 e. The second-order valence-electron chi connectivity index (χ2n) is 6.09. The molecule has 0 aliphatic carbocycles. The van der Waals surface area contributed by atoms with Gasteiger partial charge in [0.05, 0.1) is 12.3 Å². The van der Waals surface area contributed by atoms with E-state index in [1.165, 1.54) is 12.8 Å². The van der Waals surface area contributed by atoms with Gasteiger partial charge in [-0.15, -0.1) is 0 Å². The maximum Gasteiger partial charge on any atom is 0.270 e. The van der Waals surface area contributed by atoms with Crippen LogP contribution in [0.2, 0.25) is 0 Å². The molecular formula is C17H25NO3. The Labute approximate surface area is 126 Å². The number of anilines is 1. The molecule has 1 aromatic carbocycles. The second kappa shape index (κ2) is 6.48. The molecule has 0 unspecified atom stereocenters. The van der Waals surface area contributed by atoms with Crippen LogP contribution in [0.4, 0.5) is 5.69 Å². The lowest BCUT2D eigenvalue weighted by molar-refractivity contribution is -0.132. The molecule has 1 aliphatic heterocycles. The zero-order valence-electron chi connectivity index (χ0n) is 13.2. The number of benzene rings is 1. The van der Waals surface area contributed by atoms with Crippen molar-refractivity contribution in [2.75, 3.05) is 11.4 Å². The molecule has 1 aliphatic rings. The van der Waals surface area contributed by atoms with Gasteiger partial charge in [0.15, 0.2) is 5.60 Å². The minimum Gasteiger partial charge on any atom is -0.476 e. The van der Waals surface area contributed by atoms with E-state index in [9.17, 15) is 9.90 Å². The Morgan fingerprint density at radius 3 is 2.67 bits per heavy atom. The van der Waals surface area contributed by atoms with Crippen molar-refractivity contribution in [1.29, 1.82) is 0 Å². The highest BCUT2D eigenvalue weighted by Gasteiger charge is 2.40. The molecule has 0 radical (unpaired) electrons. The fourth-order valence-electron chi connectivity index (χ4n) is 2.63. The first-order valence-corrected chi connectivity index (χ1v) is 7.74. The summed E-state index contributed by atoms with van der Waals surface area (Å²) in [6.45, 7) is 6.46. The Morgan fingerprint density at radius 2 is 2.00 bits per heavy atom. The molecule has 0 spiro atoms. The molecule has 1 heterocycles. The maximum absolute atomic E-state index is 12.6. The first-order valence-electron chi connectivity index (χ1n) is 7.74. The zero-order chi connectivity index (χ0) is 15.5. The molecule has 0 aromatic heterocycles. The van der Waals surface area contributed by atoms with Crippen LogP contribution in [0.25, 0.3) is 0 Å². The summed E-state index contributed by atoms with van der Waals surface area (Å²) in [6.07, 6.45) is 4.50. The van der Waals surface area contributed by atoms with Crippen LogP contribution in [0.15, 0.2) is 18.2 Å². The summed E-state index contributed by atoms with van der Waals surface area (Å²) in [4.78, 5) is 14.4. The zero-order valence-corrected chi connectivity index (χ0v) is 13.2. The van der Waals surface area contributed by atoms with E-state index in [0.717, 1.165) is 30.6 Å². The van der Waals surface area contributed by atoms with Gasteiger partial charge in [-0.25, -0.2) is 0 Å². The predicted molar refractivity (Wildman–Crippen MR) is 83.6 cm³/mol. The molecule has 0 saturated carbocycles. The van der Waals surface area contributed by atoms with Crippen molar-refractivity contribution in [3.8, 4) is 5.75 Å². The Bertz CT molecular complexity index is 511. The molecule has 116 valence electrons. The van der Waals surface area contributed by atoms with Gasteiger partial charge in [0, 0.05) is 6.54 Å². The minimum atomic E-state index is -0.855. The van der Waals surface area contributed by atoms with E-state index in [0.29, 0.717) is 5.75 Å². The van der Waals surface area contributed by atoms with E-state index < -0.39 is 5.60 Å². The van der Waals surface area contributed by atoms with Gasteiger partial charge in [-0.1, -0.05) is 32.3 Å². The van der Waals surface area contributed by atoms with Crippen molar-refractivity contribution in [3.05, 3.63) is 23.8 Å². The summed E-state index contributed by atoms with van der Waals surface area (Å²) < 4.78 is 5.83. The maximum atomic E-state index is 12.6. The lowest BCUT2D eigenvalue weighted by Gasteiger charge is -2.39. The fraction of sp³-hybridized carbons (Fsp3) is 0.588. The number of aliphatic hydroxyl groups is 1. The number of hydrogen-bond acceptors (Lipinski definition) is 3. The summed E-state index contributed by atoms with van der Waals surface area (Å²) in [5, 5.41) is 9.25. The monoisotopic (exact) mass is 291 g/mol. The van der Waals surface area contributed by atoms with Crippen LogP contribution in [0.3, 0.4) is 0 Å². The number of carbonyl (C=O) groups is 1. The molecule has 0 bridgehead atoms. The number of carbonyl (C=O) groups excluding carboxylic acids is 1. The summed E-state index contributed by atoms with van der Waals surface area (Å²) in [7, 11) is 0. The first kappa shape index (κ1) is 15.8. The molecule has 1 N–H and O–H groups in total. The van der Waals surface area contributed by atoms with Gasteiger partial charge in [0.1, 0.15) is 5.75 Å². The SMILES string of the molecule is CCCCCCN1C(=O)C(C)(C)Oc2cc(CO)ccc21. The van der Waals surface area contributed by atoms with Crippen LogP contribution >= 0.6 is 0 Å². The fourth-order valence-corrected chi connectivity index (χ4v) is 2.63. The molecule has 21 heavy (non-hydrogen) atoms. The van der Waals surface area contributed by atoms with E-state index in [1.54, 1.807) is 13.8 Å². The third-order valence-electron chi connectivity index (χ3n) is 3.86. The average Bonchev–Trinajstić information content (AvgIpc) is 2.46. The number of amides is 1. The third kappa shape index (κ3) is 3.38. The molecule has 2 rings (SSSR count). The minimum absolute atomic E-state index is 0.00301. The molecule has 4 nitrogen and oxygen atoms in total. The summed E-state index contributed by atoms with van der Waals surface area (Å²) in [6, 6.07) is 5.53. The van der Waals surface area contributed by atoms with Crippen LogP contribution in [0.1, 0.15) is 52.0 Å². The van der Waals surface area contributed by atoms with Crippen LogP contribution in [0, 0.1) is 0 Å². The third-order valence-corrected chi connectivity index (χ3v) is 3.86. The number of hydrogen-bond donors (Lipinski definition) is 1. The molecular weight excluding hydrogens is 266 g/mol. The summed E-state index contributed by atoms with van der Waals surface area (Å²) >= 11 is 0. The van der Waals surface area contributed by atoms with Crippen molar-refractivity contribution >= 4 is 11.6 Å². The molecule has 1 aromatic rings. The van der Waals surface area contributed by atoms with Crippen molar-refractivity contribution in [2.24, 2.45) is 0 Å². The highest BCUT2D eigenvalue weighted by atomic mass is 16.5. The van der Waals surface area contributed by atoms with Gasteiger partial charge >= 0.3 is 0 Å². The quantitative estimate of drug-likeness (QED) is 0.818. The van der Waals surface area contributed by atoms with Crippen LogP contribution < -0.4 is 9.64 Å². The lowest BCUT2D eigenvalue weighted by Crippen LogP contribution is -2.52. The highest BCUT2D eigenvalue weighted by Crippen LogP contribution is 2.38. The van der Waals surface area contributed by atoms with Gasteiger partial charge in [-0.2, -0.15) is 0 Å². The number of aliphatic hydroxyl groups excluding tert-OH is 1. The van der Waals surface area contributed by atoms with Crippen molar-refractivity contribution in [1.82, 2.24) is 0 Å². The lowest BCUT2D eigenvalue weighted by atomic mass is 10.0. The normalized spacial score (nSPS) is 16.6. The predicted octanol–water partition coefficient (Wildman–Crippen LogP) is 3.26. The largest absolute Gasteiger partial charge is 0.476 e. The number of unbranched alkanes of at least 4 members (excludes halogenated alkanes) is 3. The van der Waals surface area contributed by atoms with Crippen molar-refractivity contribution in [2.45, 2.75) is 58.7 Å². The van der Waals surface area contributed by atoms with E-state index in [-0.39, 0.29) is 12.5 Å². The Balaban J connectivity index is 2.24. The average molecular weight is 291 g/mol. The van der Waals surface area contributed by atoms with E-state index in [4.69, 9.17) is 4.74 Å². The summed E-state index contributed by atoms with van der Waals surface area (Å²) in [5.41, 5.74) is 0.754. The van der Waals surface area contributed by atoms with Crippen molar-refractivity contribution < 1.29 is 14.6 Å². The number of rotatable bonds is 6.